The van der Waals surface area contributed by atoms with Gasteiger partial charge in [-0.05, 0) is 55.9 Å². The highest BCUT2D eigenvalue weighted by atomic mass is 19.1. The number of aliphatic imine (C=N–C) groups is 1. The van der Waals surface area contributed by atoms with E-state index in [0.717, 1.165) is 29.9 Å². The number of halogens is 1. The summed E-state index contributed by atoms with van der Waals surface area (Å²) in [7, 11) is 2.15. The van der Waals surface area contributed by atoms with E-state index in [-0.39, 0.29) is 17.9 Å². The molecule has 0 saturated heterocycles. The molecule has 1 heterocycles. The van der Waals surface area contributed by atoms with Gasteiger partial charge in [-0.2, -0.15) is 0 Å². The van der Waals surface area contributed by atoms with Crippen molar-refractivity contribution in [3.8, 4) is 0 Å². The van der Waals surface area contributed by atoms with Gasteiger partial charge in [-0.1, -0.05) is 43.3 Å². The third-order valence-corrected chi connectivity index (χ3v) is 5.93. The van der Waals surface area contributed by atoms with Crippen LogP contribution < -0.4 is 5.32 Å². The van der Waals surface area contributed by atoms with Crippen molar-refractivity contribution < 1.29 is 4.39 Å². The van der Waals surface area contributed by atoms with Crippen molar-refractivity contribution in [2.24, 2.45) is 10.9 Å². The van der Waals surface area contributed by atoms with Crippen LogP contribution in [0.1, 0.15) is 51.3 Å². The summed E-state index contributed by atoms with van der Waals surface area (Å²) in [4.78, 5) is 7.43. The van der Waals surface area contributed by atoms with Gasteiger partial charge in [0.2, 0.25) is 0 Å². The van der Waals surface area contributed by atoms with Crippen LogP contribution in [0.4, 0.5) is 4.39 Å². The fourth-order valence-electron chi connectivity index (χ4n) is 4.37. The number of benzene rings is 1. The molecule has 1 aliphatic heterocycles. The molecule has 4 heteroatoms. The van der Waals surface area contributed by atoms with Crippen LogP contribution in [0.25, 0.3) is 0 Å². The lowest BCUT2D eigenvalue weighted by molar-refractivity contribution is 0.289. The van der Waals surface area contributed by atoms with Crippen LogP contribution in [0.15, 0.2) is 81.9 Å². The van der Waals surface area contributed by atoms with Gasteiger partial charge in [0.25, 0.3) is 0 Å². The number of hydrogen-bond acceptors (Lipinski definition) is 3. The molecule has 3 aliphatic rings. The third kappa shape index (κ3) is 3.56. The van der Waals surface area contributed by atoms with Crippen LogP contribution in [0.3, 0.4) is 0 Å². The number of allylic oxidation sites excluding steroid dienone is 7. The number of nitrogens with one attached hydrogen (secondary N) is 1. The highest BCUT2D eigenvalue weighted by Gasteiger charge is 2.30. The van der Waals surface area contributed by atoms with Crippen molar-refractivity contribution in [3.63, 3.8) is 0 Å². The van der Waals surface area contributed by atoms with Gasteiger partial charge in [-0.25, -0.2) is 9.38 Å². The van der Waals surface area contributed by atoms with E-state index in [2.05, 4.69) is 48.5 Å². The lowest BCUT2D eigenvalue weighted by atomic mass is 9.91. The predicted octanol–water partition coefficient (Wildman–Crippen LogP) is 5.78. The zero-order valence-electron chi connectivity index (χ0n) is 16.9. The highest BCUT2D eigenvalue weighted by molar-refractivity contribution is 6.01. The standard InChI is InChI=1S/C24H28FN3/c1-16-13-14-19(25)15-21(16)17(2)26-23-20-11-7-8-12-22(20)28(3)24(27-23)18-9-5-4-6-10-18/h4-6,9-10,13-16,24H,7-8,11-12H2,1-3H3,(H,26,27)/b21-17+. The Kier molecular flexibility index (Phi) is 5.21. The maximum absolute atomic E-state index is 13.8. The van der Waals surface area contributed by atoms with Gasteiger partial charge in [0.05, 0.1) is 0 Å². The number of rotatable bonds is 2. The Labute approximate surface area is 167 Å². The Morgan fingerprint density at radius 1 is 1.18 bits per heavy atom. The predicted molar refractivity (Wildman–Crippen MR) is 113 cm³/mol. The molecule has 2 unspecified atom stereocenters. The van der Waals surface area contributed by atoms with Gasteiger partial charge < -0.3 is 10.2 Å². The zero-order valence-corrected chi connectivity index (χ0v) is 16.9. The minimum Gasteiger partial charge on any atom is -0.352 e. The van der Waals surface area contributed by atoms with Crippen LogP contribution in [0.5, 0.6) is 0 Å². The van der Waals surface area contributed by atoms with E-state index in [1.807, 2.05) is 19.1 Å². The van der Waals surface area contributed by atoms with Crippen molar-refractivity contribution in [1.82, 2.24) is 10.2 Å². The summed E-state index contributed by atoms with van der Waals surface area (Å²) in [5, 5.41) is 3.56. The number of hydrogen-bond donors (Lipinski definition) is 1. The smallest absolute Gasteiger partial charge is 0.149 e. The van der Waals surface area contributed by atoms with Gasteiger partial charge in [-0.15, -0.1) is 0 Å². The van der Waals surface area contributed by atoms with E-state index in [4.69, 9.17) is 4.99 Å². The summed E-state index contributed by atoms with van der Waals surface area (Å²) in [6.45, 7) is 4.12. The average molecular weight is 378 g/mol. The number of amidine groups is 1. The van der Waals surface area contributed by atoms with E-state index in [1.54, 1.807) is 12.2 Å². The second-order valence-electron chi connectivity index (χ2n) is 7.89. The molecule has 2 aliphatic carbocycles. The van der Waals surface area contributed by atoms with Crippen LogP contribution in [-0.2, 0) is 0 Å². The van der Waals surface area contributed by atoms with Crippen molar-refractivity contribution in [2.75, 3.05) is 7.05 Å². The Hall–Kier alpha value is -2.62. The lowest BCUT2D eigenvalue weighted by Gasteiger charge is -2.39. The molecule has 4 rings (SSSR count). The van der Waals surface area contributed by atoms with Crippen LogP contribution in [-0.4, -0.2) is 17.8 Å². The monoisotopic (exact) mass is 377 g/mol. The SMILES string of the molecule is C/C(NC1=NC(c2ccccc2)N(C)C2=C1CCCC2)=C1/C=C(F)C=CC1C. The Bertz CT molecular complexity index is 905. The Balaban J connectivity index is 1.72. The molecule has 0 fully saturated rings. The van der Waals surface area contributed by atoms with Gasteiger partial charge in [0.15, 0.2) is 0 Å². The van der Waals surface area contributed by atoms with E-state index in [9.17, 15) is 4.39 Å². The molecule has 1 aromatic rings. The summed E-state index contributed by atoms with van der Waals surface area (Å²) >= 11 is 0. The van der Waals surface area contributed by atoms with Crippen molar-refractivity contribution in [1.29, 1.82) is 0 Å². The third-order valence-electron chi connectivity index (χ3n) is 5.93. The maximum Gasteiger partial charge on any atom is 0.149 e. The van der Waals surface area contributed by atoms with E-state index in [0.29, 0.717) is 0 Å². The first-order valence-corrected chi connectivity index (χ1v) is 10.2. The Morgan fingerprint density at radius 3 is 2.71 bits per heavy atom. The molecule has 0 amide bonds. The topological polar surface area (TPSA) is 27.6 Å². The first-order valence-electron chi connectivity index (χ1n) is 10.2. The summed E-state index contributed by atoms with van der Waals surface area (Å²) in [5.74, 6) is 0.935. The molecule has 28 heavy (non-hydrogen) atoms. The first kappa shape index (κ1) is 18.7. The fraction of sp³-hybridized carbons (Fsp3) is 0.375. The molecular weight excluding hydrogens is 349 g/mol. The second-order valence-corrected chi connectivity index (χ2v) is 7.89. The van der Waals surface area contributed by atoms with Crippen LogP contribution in [0, 0.1) is 5.92 Å². The molecule has 1 aromatic carbocycles. The average Bonchev–Trinajstić information content (AvgIpc) is 2.72. The van der Waals surface area contributed by atoms with Gasteiger partial charge >= 0.3 is 0 Å². The molecule has 3 nitrogen and oxygen atoms in total. The summed E-state index contributed by atoms with van der Waals surface area (Å²) in [6, 6.07) is 10.4. The summed E-state index contributed by atoms with van der Waals surface area (Å²) in [6.07, 6.45) is 9.57. The molecule has 2 atom stereocenters. The van der Waals surface area contributed by atoms with Gasteiger partial charge in [0.1, 0.15) is 17.8 Å². The molecule has 0 saturated carbocycles. The Morgan fingerprint density at radius 2 is 1.93 bits per heavy atom. The normalized spacial score (nSPS) is 26.5. The minimum atomic E-state index is -0.195. The van der Waals surface area contributed by atoms with Gasteiger partial charge in [-0.3, -0.25) is 0 Å². The molecule has 146 valence electrons. The molecular formula is C24H28FN3. The minimum absolute atomic E-state index is 0.0331. The molecule has 0 aromatic heterocycles. The van der Waals surface area contributed by atoms with E-state index in [1.165, 1.54) is 29.7 Å². The van der Waals surface area contributed by atoms with Crippen molar-refractivity contribution in [3.05, 3.63) is 82.5 Å². The zero-order chi connectivity index (χ0) is 19.7. The lowest BCUT2D eigenvalue weighted by Crippen LogP contribution is -2.37. The van der Waals surface area contributed by atoms with E-state index >= 15 is 0 Å². The quantitative estimate of drug-likeness (QED) is 0.707. The first-order chi connectivity index (χ1) is 13.5. The molecule has 0 radical (unpaired) electrons. The molecule has 0 spiro atoms. The molecule has 1 N–H and O–H groups in total. The van der Waals surface area contributed by atoms with Crippen LogP contribution >= 0.6 is 0 Å². The van der Waals surface area contributed by atoms with Crippen LogP contribution in [0.2, 0.25) is 0 Å². The fourth-order valence-corrected chi connectivity index (χ4v) is 4.37. The van der Waals surface area contributed by atoms with Crippen molar-refractivity contribution in [2.45, 2.75) is 45.7 Å². The molecule has 0 bridgehead atoms. The number of nitrogens with zero attached hydrogens (tertiary/aromatic N) is 2. The second kappa shape index (κ2) is 7.78. The maximum atomic E-state index is 13.8. The van der Waals surface area contributed by atoms with Crippen molar-refractivity contribution >= 4 is 5.84 Å². The van der Waals surface area contributed by atoms with Gasteiger partial charge in [0, 0.05) is 29.9 Å². The summed E-state index contributed by atoms with van der Waals surface area (Å²) in [5.41, 5.74) is 5.83. The van der Waals surface area contributed by atoms with E-state index < -0.39 is 0 Å². The largest absolute Gasteiger partial charge is 0.352 e. The highest BCUT2D eigenvalue weighted by Crippen LogP contribution is 2.37. The summed E-state index contributed by atoms with van der Waals surface area (Å²) < 4.78 is 13.8.